The van der Waals surface area contributed by atoms with E-state index in [1.54, 1.807) is 12.5 Å². The molecular weight excluding hydrogens is 242 g/mol. The zero-order valence-corrected chi connectivity index (χ0v) is 10.6. The monoisotopic (exact) mass is 259 g/mol. The third-order valence-electron chi connectivity index (χ3n) is 2.82. The van der Waals surface area contributed by atoms with Crippen LogP contribution < -0.4 is 5.32 Å². The van der Waals surface area contributed by atoms with Gasteiger partial charge in [0.15, 0.2) is 0 Å². The summed E-state index contributed by atoms with van der Waals surface area (Å²) in [4.78, 5) is 15.6. The summed E-state index contributed by atoms with van der Waals surface area (Å²) in [5.41, 5.74) is 1.84. The van der Waals surface area contributed by atoms with E-state index in [1.165, 1.54) is 0 Å². The summed E-state index contributed by atoms with van der Waals surface area (Å²) in [5, 5.41) is 11.9. The molecule has 0 aliphatic rings. The van der Waals surface area contributed by atoms with Gasteiger partial charge in [-0.05, 0) is 11.1 Å². The van der Waals surface area contributed by atoms with E-state index in [0.29, 0.717) is 19.5 Å². The zero-order valence-electron chi connectivity index (χ0n) is 10.6. The van der Waals surface area contributed by atoms with Crippen LogP contribution in [0.25, 0.3) is 0 Å². The fourth-order valence-electron chi connectivity index (χ4n) is 1.78. The van der Waals surface area contributed by atoms with Gasteiger partial charge in [0.2, 0.25) is 5.91 Å². The second kappa shape index (κ2) is 6.70. The van der Waals surface area contributed by atoms with Crippen molar-refractivity contribution in [3.8, 4) is 0 Å². The summed E-state index contributed by atoms with van der Waals surface area (Å²) in [6.45, 7) is 1.13. The molecular formula is C14H17N3O2. The van der Waals surface area contributed by atoms with E-state index < -0.39 is 0 Å². The van der Waals surface area contributed by atoms with Gasteiger partial charge in [-0.15, -0.1) is 0 Å². The Balaban J connectivity index is 1.76. The molecule has 0 bridgehead atoms. The first-order valence-corrected chi connectivity index (χ1v) is 6.19. The van der Waals surface area contributed by atoms with Crippen molar-refractivity contribution in [2.75, 3.05) is 0 Å². The molecule has 1 aromatic heterocycles. The molecule has 5 heteroatoms. The van der Waals surface area contributed by atoms with Gasteiger partial charge in [0, 0.05) is 31.9 Å². The van der Waals surface area contributed by atoms with E-state index >= 15 is 0 Å². The molecule has 2 rings (SSSR count). The van der Waals surface area contributed by atoms with Crippen LogP contribution in [0.2, 0.25) is 0 Å². The number of carbonyl (C=O) groups excluding carboxylic acids is 1. The number of aromatic nitrogens is 2. The number of nitrogens with one attached hydrogen (secondary N) is 1. The Kier molecular flexibility index (Phi) is 4.69. The molecule has 0 saturated carbocycles. The average Bonchev–Trinajstić information content (AvgIpc) is 2.96. The standard InChI is InChI=1S/C14H17N3O2/c18-10-13-3-1-2-12(8-13)9-16-14(19)4-6-17-7-5-15-11-17/h1-3,5,7-8,11,18H,4,6,9-10H2,(H,16,19). The lowest BCUT2D eigenvalue weighted by molar-refractivity contribution is -0.121. The number of nitrogens with zero attached hydrogens (tertiary/aromatic N) is 2. The minimum Gasteiger partial charge on any atom is -0.392 e. The van der Waals surface area contributed by atoms with Crippen LogP contribution in [0, 0.1) is 0 Å². The largest absolute Gasteiger partial charge is 0.392 e. The van der Waals surface area contributed by atoms with Crippen LogP contribution in [-0.4, -0.2) is 20.6 Å². The second-order valence-corrected chi connectivity index (χ2v) is 4.31. The molecule has 0 saturated heterocycles. The highest BCUT2D eigenvalue weighted by atomic mass is 16.3. The fourth-order valence-corrected chi connectivity index (χ4v) is 1.78. The Morgan fingerprint density at radius 3 is 2.95 bits per heavy atom. The van der Waals surface area contributed by atoms with E-state index in [-0.39, 0.29) is 12.5 Å². The second-order valence-electron chi connectivity index (χ2n) is 4.31. The van der Waals surface area contributed by atoms with E-state index in [2.05, 4.69) is 10.3 Å². The molecule has 2 aromatic rings. The van der Waals surface area contributed by atoms with Crippen LogP contribution in [0.15, 0.2) is 43.0 Å². The summed E-state index contributed by atoms with van der Waals surface area (Å²) >= 11 is 0. The molecule has 0 unspecified atom stereocenters. The molecule has 1 heterocycles. The minimum atomic E-state index is 0.00287. The molecule has 1 aromatic carbocycles. The number of hydrogen-bond acceptors (Lipinski definition) is 3. The maximum Gasteiger partial charge on any atom is 0.222 e. The summed E-state index contributed by atoms with van der Waals surface area (Å²) < 4.78 is 1.87. The van der Waals surface area contributed by atoms with Crippen molar-refractivity contribution in [3.63, 3.8) is 0 Å². The van der Waals surface area contributed by atoms with Gasteiger partial charge in [-0.1, -0.05) is 24.3 Å². The number of rotatable bonds is 6. The van der Waals surface area contributed by atoms with E-state index in [4.69, 9.17) is 5.11 Å². The van der Waals surface area contributed by atoms with Crippen LogP contribution in [-0.2, 0) is 24.5 Å². The maximum absolute atomic E-state index is 11.7. The van der Waals surface area contributed by atoms with Gasteiger partial charge in [0.05, 0.1) is 12.9 Å². The Bertz CT molecular complexity index is 523. The molecule has 0 aliphatic carbocycles. The van der Waals surface area contributed by atoms with Crippen molar-refractivity contribution in [3.05, 3.63) is 54.1 Å². The van der Waals surface area contributed by atoms with Crippen LogP contribution >= 0.6 is 0 Å². The Morgan fingerprint density at radius 2 is 2.21 bits per heavy atom. The summed E-state index contributed by atoms with van der Waals surface area (Å²) in [7, 11) is 0. The lowest BCUT2D eigenvalue weighted by Crippen LogP contribution is -2.23. The van der Waals surface area contributed by atoms with Crippen molar-refractivity contribution in [1.29, 1.82) is 0 Å². The fraction of sp³-hybridized carbons (Fsp3) is 0.286. The van der Waals surface area contributed by atoms with Gasteiger partial charge in [0.25, 0.3) is 0 Å². The molecule has 19 heavy (non-hydrogen) atoms. The van der Waals surface area contributed by atoms with E-state index in [1.807, 2.05) is 35.0 Å². The number of hydrogen-bond donors (Lipinski definition) is 2. The number of imidazole rings is 1. The number of amides is 1. The van der Waals surface area contributed by atoms with Crippen molar-refractivity contribution in [1.82, 2.24) is 14.9 Å². The van der Waals surface area contributed by atoms with Crippen molar-refractivity contribution in [2.45, 2.75) is 26.1 Å². The third kappa shape index (κ3) is 4.22. The lowest BCUT2D eigenvalue weighted by atomic mass is 10.1. The summed E-state index contributed by atoms with van der Waals surface area (Å²) in [5.74, 6) is 0.00287. The number of aryl methyl sites for hydroxylation is 1. The Hall–Kier alpha value is -2.14. The highest BCUT2D eigenvalue weighted by Gasteiger charge is 2.02. The Morgan fingerprint density at radius 1 is 1.37 bits per heavy atom. The first kappa shape index (κ1) is 13.3. The van der Waals surface area contributed by atoms with Gasteiger partial charge in [0.1, 0.15) is 0 Å². The molecule has 5 nitrogen and oxygen atoms in total. The van der Waals surface area contributed by atoms with Gasteiger partial charge in [-0.25, -0.2) is 4.98 Å². The minimum absolute atomic E-state index is 0.00287. The van der Waals surface area contributed by atoms with Crippen molar-refractivity contribution >= 4 is 5.91 Å². The topological polar surface area (TPSA) is 67.2 Å². The predicted molar refractivity (Wildman–Crippen MR) is 71.1 cm³/mol. The molecule has 0 aliphatic heterocycles. The van der Waals surface area contributed by atoms with Crippen molar-refractivity contribution < 1.29 is 9.90 Å². The maximum atomic E-state index is 11.7. The SMILES string of the molecule is O=C(CCn1ccnc1)NCc1cccc(CO)c1. The van der Waals surface area contributed by atoms with Gasteiger partial charge < -0.3 is 15.0 Å². The predicted octanol–water partition coefficient (Wildman–Crippen LogP) is 1.08. The van der Waals surface area contributed by atoms with Gasteiger partial charge in [-0.3, -0.25) is 4.79 Å². The zero-order chi connectivity index (χ0) is 13.5. The van der Waals surface area contributed by atoms with Crippen molar-refractivity contribution in [2.24, 2.45) is 0 Å². The molecule has 0 radical (unpaired) electrons. The molecule has 0 fully saturated rings. The molecule has 0 spiro atoms. The molecule has 0 atom stereocenters. The first-order chi connectivity index (χ1) is 9.28. The highest BCUT2D eigenvalue weighted by Crippen LogP contribution is 2.05. The number of aliphatic hydroxyl groups excluding tert-OH is 1. The van der Waals surface area contributed by atoms with Crippen LogP contribution in [0.4, 0.5) is 0 Å². The number of carbonyl (C=O) groups is 1. The molecule has 100 valence electrons. The van der Waals surface area contributed by atoms with Crippen LogP contribution in [0.1, 0.15) is 17.5 Å². The molecule has 1 amide bonds. The van der Waals surface area contributed by atoms with Gasteiger partial charge >= 0.3 is 0 Å². The van der Waals surface area contributed by atoms with E-state index in [9.17, 15) is 4.79 Å². The van der Waals surface area contributed by atoms with E-state index in [0.717, 1.165) is 11.1 Å². The average molecular weight is 259 g/mol. The smallest absolute Gasteiger partial charge is 0.222 e. The first-order valence-electron chi connectivity index (χ1n) is 6.19. The summed E-state index contributed by atoms with van der Waals surface area (Å²) in [6, 6.07) is 7.54. The number of aliphatic hydroxyl groups is 1. The van der Waals surface area contributed by atoms with Crippen LogP contribution in [0.5, 0.6) is 0 Å². The third-order valence-corrected chi connectivity index (χ3v) is 2.82. The lowest BCUT2D eigenvalue weighted by Gasteiger charge is -2.07. The normalized spacial score (nSPS) is 10.4. The molecule has 2 N–H and O–H groups in total. The quantitative estimate of drug-likeness (QED) is 0.815. The Labute approximate surface area is 111 Å². The number of benzene rings is 1. The summed E-state index contributed by atoms with van der Waals surface area (Å²) in [6.07, 6.45) is 5.64. The van der Waals surface area contributed by atoms with Gasteiger partial charge in [-0.2, -0.15) is 0 Å². The van der Waals surface area contributed by atoms with Crippen LogP contribution in [0.3, 0.4) is 0 Å². The highest BCUT2D eigenvalue weighted by molar-refractivity contribution is 5.75.